The van der Waals surface area contributed by atoms with Crippen LogP contribution in [0.15, 0.2) is 84.9 Å². The summed E-state index contributed by atoms with van der Waals surface area (Å²) < 4.78 is 17.0. The van der Waals surface area contributed by atoms with Crippen LogP contribution in [0.1, 0.15) is 26.3 Å². The standard InChI is InChI=1S/C26H26N2O4S2/c1-26(2,3)32-23(29)27-18-19-14-16-20(17-15-19)28(24(33)30-21-10-6-4-7-11-21)25(34)31-22-12-8-5-9-13-22/h4-17H,18H2,1-3H3,(H,27,29). The summed E-state index contributed by atoms with van der Waals surface area (Å²) in [5, 5.41) is 2.97. The first-order valence-electron chi connectivity index (χ1n) is 10.6. The van der Waals surface area contributed by atoms with Gasteiger partial charge >= 0.3 is 6.09 Å². The van der Waals surface area contributed by atoms with Crippen molar-refractivity contribution in [2.45, 2.75) is 32.9 Å². The molecule has 3 rings (SSSR count). The van der Waals surface area contributed by atoms with Crippen LogP contribution in [-0.2, 0) is 11.3 Å². The number of benzene rings is 3. The molecule has 0 bridgehead atoms. The van der Waals surface area contributed by atoms with Crippen LogP contribution in [0, 0.1) is 0 Å². The fraction of sp³-hybridized carbons (Fsp3) is 0.192. The van der Waals surface area contributed by atoms with E-state index in [2.05, 4.69) is 5.32 Å². The summed E-state index contributed by atoms with van der Waals surface area (Å²) in [6, 6.07) is 25.8. The Kier molecular flexibility index (Phi) is 8.56. The van der Waals surface area contributed by atoms with Gasteiger partial charge in [-0.3, -0.25) is 0 Å². The predicted molar refractivity (Wildman–Crippen MR) is 141 cm³/mol. The molecule has 0 heterocycles. The molecular weight excluding hydrogens is 468 g/mol. The van der Waals surface area contributed by atoms with Crippen molar-refractivity contribution < 1.29 is 19.0 Å². The molecule has 6 nitrogen and oxygen atoms in total. The summed E-state index contributed by atoms with van der Waals surface area (Å²) in [5.74, 6) is 1.16. The Balaban J connectivity index is 1.76. The third-order valence-corrected chi connectivity index (χ3v) is 4.82. The van der Waals surface area contributed by atoms with E-state index in [9.17, 15) is 4.79 Å². The molecule has 0 unspecified atom stereocenters. The largest absolute Gasteiger partial charge is 0.444 e. The summed E-state index contributed by atoms with van der Waals surface area (Å²) in [5.41, 5.74) is 0.972. The fourth-order valence-electron chi connectivity index (χ4n) is 2.81. The van der Waals surface area contributed by atoms with Crippen LogP contribution in [0.5, 0.6) is 11.5 Å². The summed E-state index contributed by atoms with van der Waals surface area (Å²) in [4.78, 5) is 13.5. The number of para-hydroxylation sites is 2. The Morgan fingerprint density at radius 2 is 1.26 bits per heavy atom. The average Bonchev–Trinajstić information content (AvgIpc) is 2.79. The van der Waals surface area contributed by atoms with Gasteiger partial charge in [0.25, 0.3) is 10.3 Å². The molecule has 0 aliphatic heterocycles. The second kappa shape index (κ2) is 11.6. The Labute approximate surface area is 210 Å². The van der Waals surface area contributed by atoms with Crippen molar-refractivity contribution in [2.75, 3.05) is 4.90 Å². The highest BCUT2D eigenvalue weighted by molar-refractivity contribution is 7.82. The number of alkyl carbamates (subject to hydrolysis) is 1. The minimum absolute atomic E-state index is 0.117. The maximum atomic E-state index is 11.9. The molecule has 34 heavy (non-hydrogen) atoms. The minimum atomic E-state index is -0.558. The smallest absolute Gasteiger partial charge is 0.407 e. The number of ether oxygens (including phenoxy) is 3. The monoisotopic (exact) mass is 494 g/mol. The van der Waals surface area contributed by atoms with E-state index in [-0.39, 0.29) is 10.3 Å². The summed E-state index contributed by atoms with van der Waals surface area (Å²) in [6.45, 7) is 5.76. The molecule has 176 valence electrons. The lowest BCUT2D eigenvalue weighted by Gasteiger charge is -2.25. The number of rotatable bonds is 5. The topological polar surface area (TPSA) is 60.0 Å². The molecule has 0 saturated carbocycles. The Morgan fingerprint density at radius 1 is 0.794 bits per heavy atom. The van der Waals surface area contributed by atoms with E-state index in [1.807, 2.05) is 81.4 Å². The number of thiocarbonyl (C=S) groups is 2. The van der Waals surface area contributed by atoms with E-state index in [0.717, 1.165) is 5.56 Å². The third-order valence-electron chi connectivity index (χ3n) is 4.29. The highest BCUT2D eigenvalue weighted by Crippen LogP contribution is 2.21. The maximum Gasteiger partial charge on any atom is 0.407 e. The third kappa shape index (κ3) is 7.83. The van der Waals surface area contributed by atoms with Crippen LogP contribution in [0.4, 0.5) is 10.5 Å². The van der Waals surface area contributed by atoms with Gasteiger partial charge < -0.3 is 19.5 Å². The van der Waals surface area contributed by atoms with Crippen LogP contribution in [0.25, 0.3) is 0 Å². The lowest BCUT2D eigenvalue weighted by molar-refractivity contribution is 0.0523. The van der Waals surface area contributed by atoms with Crippen molar-refractivity contribution in [2.24, 2.45) is 0 Å². The number of carbonyl (C=O) groups excluding carboxylic acids is 1. The number of hydrogen-bond donors (Lipinski definition) is 1. The number of hydrogen-bond acceptors (Lipinski definition) is 6. The molecule has 0 spiro atoms. The number of amides is 1. The van der Waals surface area contributed by atoms with E-state index in [1.165, 1.54) is 4.90 Å². The van der Waals surface area contributed by atoms with E-state index in [1.54, 1.807) is 24.3 Å². The summed E-state index contributed by atoms with van der Waals surface area (Å²) >= 11 is 11.1. The Bertz CT molecular complexity index is 1060. The van der Waals surface area contributed by atoms with Crippen molar-refractivity contribution in [3.05, 3.63) is 90.5 Å². The summed E-state index contributed by atoms with van der Waals surface area (Å²) in [6.07, 6.45) is -0.479. The zero-order valence-corrected chi connectivity index (χ0v) is 20.8. The van der Waals surface area contributed by atoms with Gasteiger partial charge in [-0.2, -0.15) is 0 Å². The van der Waals surface area contributed by atoms with Crippen LogP contribution in [-0.4, -0.2) is 22.0 Å². The first kappa shape index (κ1) is 25.1. The molecule has 1 N–H and O–H groups in total. The molecule has 0 aliphatic carbocycles. The Morgan fingerprint density at radius 3 is 1.71 bits per heavy atom. The maximum absolute atomic E-state index is 11.9. The van der Waals surface area contributed by atoms with Crippen molar-refractivity contribution in [1.29, 1.82) is 0 Å². The van der Waals surface area contributed by atoms with Gasteiger partial charge in [0.1, 0.15) is 17.1 Å². The van der Waals surface area contributed by atoms with Crippen molar-refractivity contribution in [1.82, 2.24) is 5.32 Å². The van der Waals surface area contributed by atoms with Gasteiger partial charge in [-0.25, -0.2) is 9.69 Å². The Hall–Kier alpha value is -3.49. The molecule has 0 atom stereocenters. The SMILES string of the molecule is CC(C)(C)OC(=O)NCc1ccc(N(C(=S)Oc2ccccc2)C(=S)Oc2ccccc2)cc1. The second-order valence-electron chi connectivity index (χ2n) is 8.22. The molecule has 8 heteroatoms. The molecule has 3 aromatic carbocycles. The zero-order valence-electron chi connectivity index (χ0n) is 19.2. The number of nitrogens with one attached hydrogen (secondary N) is 1. The molecule has 1 amide bonds. The van der Waals surface area contributed by atoms with Crippen molar-refractivity contribution in [3.63, 3.8) is 0 Å². The average molecular weight is 495 g/mol. The van der Waals surface area contributed by atoms with Gasteiger partial charge in [-0.05, 0) is 87.2 Å². The molecule has 0 fully saturated rings. The van der Waals surface area contributed by atoms with E-state index < -0.39 is 11.7 Å². The van der Waals surface area contributed by atoms with Crippen LogP contribution < -0.4 is 19.7 Å². The minimum Gasteiger partial charge on any atom is -0.444 e. The van der Waals surface area contributed by atoms with Crippen LogP contribution in [0.3, 0.4) is 0 Å². The van der Waals surface area contributed by atoms with Crippen molar-refractivity contribution >= 4 is 46.6 Å². The molecule has 3 aromatic rings. The van der Waals surface area contributed by atoms with Gasteiger partial charge in [0.2, 0.25) is 0 Å². The van der Waals surface area contributed by atoms with Gasteiger partial charge in [0, 0.05) is 6.54 Å². The number of anilines is 1. The molecule has 0 aliphatic rings. The first-order valence-corrected chi connectivity index (χ1v) is 11.4. The number of carbonyl (C=O) groups is 1. The van der Waals surface area contributed by atoms with Gasteiger partial charge in [-0.15, -0.1) is 0 Å². The van der Waals surface area contributed by atoms with Gasteiger partial charge in [0.15, 0.2) is 0 Å². The van der Waals surface area contributed by atoms with E-state index in [4.69, 9.17) is 38.6 Å². The lowest BCUT2D eigenvalue weighted by Crippen LogP contribution is -2.40. The van der Waals surface area contributed by atoms with Gasteiger partial charge in [-0.1, -0.05) is 48.5 Å². The molecule has 0 saturated heterocycles. The lowest BCUT2D eigenvalue weighted by atomic mass is 10.2. The molecular formula is C26H26N2O4S2. The first-order chi connectivity index (χ1) is 16.2. The quantitative estimate of drug-likeness (QED) is 0.421. The van der Waals surface area contributed by atoms with Crippen LogP contribution in [0.2, 0.25) is 0 Å². The van der Waals surface area contributed by atoms with E-state index in [0.29, 0.717) is 23.7 Å². The molecule has 0 radical (unpaired) electrons. The zero-order chi connectivity index (χ0) is 24.6. The summed E-state index contributed by atoms with van der Waals surface area (Å²) in [7, 11) is 0. The second-order valence-corrected chi connectivity index (χ2v) is 8.92. The fourth-order valence-corrected chi connectivity index (χ4v) is 3.43. The highest BCUT2D eigenvalue weighted by Gasteiger charge is 2.22. The molecule has 0 aromatic heterocycles. The van der Waals surface area contributed by atoms with E-state index >= 15 is 0 Å². The normalized spacial score (nSPS) is 10.7. The number of nitrogens with zero attached hydrogens (tertiary/aromatic N) is 1. The van der Waals surface area contributed by atoms with Gasteiger partial charge in [0.05, 0.1) is 5.69 Å². The van der Waals surface area contributed by atoms with Crippen molar-refractivity contribution in [3.8, 4) is 11.5 Å². The van der Waals surface area contributed by atoms with Crippen LogP contribution >= 0.6 is 24.4 Å². The highest BCUT2D eigenvalue weighted by atomic mass is 32.1. The predicted octanol–water partition coefficient (Wildman–Crippen LogP) is 6.25.